The molecule has 110 valence electrons. The second-order valence-corrected chi connectivity index (χ2v) is 6.52. The molecule has 0 aliphatic carbocycles. The lowest BCUT2D eigenvalue weighted by molar-refractivity contribution is -0.132. The van der Waals surface area contributed by atoms with Crippen LogP contribution in [-0.2, 0) is 24.3 Å². The Hall–Kier alpha value is -1.72. The number of benzene rings is 1. The molecule has 0 fully saturated rings. The van der Waals surface area contributed by atoms with E-state index < -0.39 is 0 Å². The zero-order valence-corrected chi connectivity index (χ0v) is 13.1. The molecular weight excluding hydrogens is 282 g/mol. The van der Waals surface area contributed by atoms with Crippen LogP contribution in [0.2, 0.25) is 0 Å². The molecule has 0 saturated heterocycles. The smallest absolute Gasteiger partial charge is 0.240 e. The number of carbonyl (C=O) groups excluding carboxylic acids is 1. The van der Waals surface area contributed by atoms with E-state index in [2.05, 4.69) is 22.4 Å². The van der Waals surface area contributed by atoms with E-state index in [0.29, 0.717) is 6.54 Å². The number of nitrogens with one attached hydrogen (secondary N) is 1. The molecule has 0 unspecified atom stereocenters. The minimum atomic E-state index is -0.135. The molecule has 1 aliphatic rings. The summed E-state index contributed by atoms with van der Waals surface area (Å²) in [4.78, 5) is 18.7. The van der Waals surface area contributed by atoms with Crippen molar-refractivity contribution in [1.82, 2.24) is 15.2 Å². The van der Waals surface area contributed by atoms with Crippen molar-refractivity contribution >= 4 is 17.2 Å². The molecule has 1 N–H and O–H groups in total. The first-order valence-electron chi connectivity index (χ1n) is 7.09. The van der Waals surface area contributed by atoms with Gasteiger partial charge in [-0.15, -0.1) is 11.3 Å². The van der Waals surface area contributed by atoms with Gasteiger partial charge in [0.2, 0.25) is 5.91 Å². The standard InChI is InChI=1S/C16H19N3OS/c1-11-18-14(10-21-11)9-19(2)16(20)15-7-12-5-3-4-6-13(12)8-17-15/h3-6,10,15,17H,7-9H2,1-2H3/t15-/m0/s1. The summed E-state index contributed by atoms with van der Waals surface area (Å²) in [5.74, 6) is 0.134. The lowest BCUT2D eigenvalue weighted by Gasteiger charge is -2.28. The zero-order valence-electron chi connectivity index (χ0n) is 12.3. The van der Waals surface area contributed by atoms with Crippen LogP contribution in [0, 0.1) is 6.92 Å². The summed E-state index contributed by atoms with van der Waals surface area (Å²) >= 11 is 1.62. The summed E-state index contributed by atoms with van der Waals surface area (Å²) < 4.78 is 0. The number of aryl methyl sites for hydroxylation is 1. The van der Waals surface area contributed by atoms with Gasteiger partial charge >= 0.3 is 0 Å². The molecule has 1 amide bonds. The lowest BCUT2D eigenvalue weighted by Crippen LogP contribution is -2.48. The van der Waals surface area contributed by atoms with E-state index in [-0.39, 0.29) is 11.9 Å². The molecule has 21 heavy (non-hydrogen) atoms. The fraction of sp³-hybridized carbons (Fsp3) is 0.375. The maximum absolute atomic E-state index is 12.6. The van der Waals surface area contributed by atoms with E-state index >= 15 is 0 Å². The number of carbonyl (C=O) groups is 1. The number of hydrogen-bond donors (Lipinski definition) is 1. The van der Waals surface area contributed by atoms with Crippen LogP contribution in [-0.4, -0.2) is 28.9 Å². The van der Waals surface area contributed by atoms with Gasteiger partial charge in [0.1, 0.15) is 0 Å². The van der Waals surface area contributed by atoms with Crippen molar-refractivity contribution in [2.24, 2.45) is 0 Å². The van der Waals surface area contributed by atoms with Crippen LogP contribution in [0.15, 0.2) is 29.6 Å². The van der Waals surface area contributed by atoms with Gasteiger partial charge in [-0.05, 0) is 24.5 Å². The molecule has 0 saturated carbocycles. The number of amides is 1. The van der Waals surface area contributed by atoms with E-state index in [0.717, 1.165) is 23.7 Å². The largest absolute Gasteiger partial charge is 0.338 e. The van der Waals surface area contributed by atoms with Crippen LogP contribution in [0.3, 0.4) is 0 Å². The van der Waals surface area contributed by atoms with Crippen LogP contribution in [0.5, 0.6) is 0 Å². The summed E-state index contributed by atoms with van der Waals surface area (Å²) in [5, 5.41) is 6.39. The normalized spacial score (nSPS) is 17.3. The number of aromatic nitrogens is 1. The molecule has 2 heterocycles. The van der Waals surface area contributed by atoms with Crippen molar-refractivity contribution in [1.29, 1.82) is 0 Å². The summed E-state index contributed by atoms with van der Waals surface area (Å²) in [6, 6.07) is 8.17. The molecule has 5 heteroatoms. The third-order valence-corrected chi connectivity index (χ3v) is 4.64. The van der Waals surface area contributed by atoms with Gasteiger partial charge in [0.05, 0.1) is 23.3 Å². The second-order valence-electron chi connectivity index (χ2n) is 5.46. The monoisotopic (exact) mass is 301 g/mol. The Kier molecular flexibility index (Phi) is 4.03. The Morgan fingerprint density at radius 1 is 1.43 bits per heavy atom. The molecule has 3 rings (SSSR count). The highest BCUT2D eigenvalue weighted by Gasteiger charge is 2.26. The Morgan fingerprint density at radius 3 is 2.90 bits per heavy atom. The van der Waals surface area contributed by atoms with Crippen molar-refractivity contribution in [2.45, 2.75) is 32.5 Å². The summed E-state index contributed by atoms with van der Waals surface area (Å²) in [6.45, 7) is 3.31. The number of fused-ring (bicyclic) bond motifs is 1. The van der Waals surface area contributed by atoms with E-state index in [1.165, 1.54) is 11.1 Å². The maximum atomic E-state index is 12.6. The van der Waals surface area contributed by atoms with Crippen molar-refractivity contribution in [3.63, 3.8) is 0 Å². The van der Waals surface area contributed by atoms with Gasteiger partial charge in [0.15, 0.2) is 0 Å². The molecule has 4 nitrogen and oxygen atoms in total. The molecule has 1 aromatic carbocycles. The third-order valence-electron chi connectivity index (χ3n) is 3.82. The fourth-order valence-electron chi connectivity index (χ4n) is 2.70. The minimum Gasteiger partial charge on any atom is -0.338 e. The molecule has 1 aliphatic heterocycles. The van der Waals surface area contributed by atoms with Crippen LogP contribution < -0.4 is 5.32 Å². The van der Waals surface area contributed by atoms with E-state index in [4.69, 9.17) is 0 Å². The molecule has 1 atom stereocenters. The Bertz CT molecular complexity index is 652. The van der Waals surface area contributed by atoms with E-state index in [1.807, 2.05) is 31.5 Å². The van der Waals surface area contributed by atoms with Gasteiger partial charge in [0.25, 0.3) is 0 Å². The Balaban J connectivity index is 1.66. The Morgan fingerprint density at radius 2 is 2.19 bits per heavy atom. The highest BCUT2D eigenvalue weighted by Crippen LogP contribution is 2.18. The van der Waals surface area contributed by atoms with Crippen molar-refractivity contribution in [3.8, 4) is 0 Å². The van der Waals surface area contributed by atoms with E-state index in [1.54, 1.807) is 16.2 Å². The van der Waals surface area contributed by atoms with Crippen molar-refractivity contribution < 1.29 is 4.79 Å². The van der Waals surface area contributed by atoms with Crippen LogP contribution >= 0.6 is 11.3 Å². The van der Waals surface area contributed by atoms with Crippen molar-refractivity contribution in [2.75, 3.05) is 7.05 Å². The SMILES string of the molecule is Cc1nc(CN(C)C(=O)[C@@H]2Cc3ccccc3CN2)cs1. The van der Waals surface area contributed by atoms with Gasteiger partial charge < -0.3 is 10.2 Å². The average molecular weight is 301 g/mol. The molecule has 2 aromatic rings. The fourth-order valence-corrected chi connectivity index (χ4v) is 3.30. The first-order valence-corrected chi connectivity index (χ1v) is 7.97. The van der Waals surface area contributed by atoms with Crippen LogP contribution in [0.4, 0.5) is 0 Å². The molecular formula is C16H19N3OS. The summed E-state index contributed by atoms with van der Waals surface area (Å²) in [5.41, 5.74) is 3.52. The molecule has 1 aromatic heterocycles. The minimum absolute atomic E-state index is 0.134. The molecule has 0 radical (unpaired) electrons. The Labute approximate surface area is 128 Å². The summed E-state index contributed by atoms with van der Waals surface area (Å²) in [6.07, 6.45) is 0.759. The number of hydrogen-bond acceptors (Lipinski definition) is 4. The zero-order chi connectivity index (χ0) is 14.8. The summed E-state index contributed by atoms with van der Waals surface area (Å²) in [7, 11) is 1.85. The average Bonchev–Trinajstić information content (AvgIpc) is 2.91. The number of thiazole rings is 1. The van der Waals surface area contributed by atoms with Gasteiger partial charge in [-0.25, -0.2) is 4.98 Å². The van der Waals surface area contributed by atoms with Gasteiger partial charge in [-0.2, -0.15) is 0 Å². The number of nitrogens with zero attached hydrogens (tertiary/aromatic N) is 2. The van der Waals surface area contributed by atoms with Crippen molar-refractivity contribution in [3.05, 3.63) is 51.5 Å². The topological polar surface area (TPSA) is 45.2 Å². The maximum Gasteiger partial charge on any atom is 0.240 e. The van der Waals surface area contributed by atoms with Crippen LogP contribution in [0.1, 0.15) is 21.8 Å². The molecule has 0 spiro atoms. The number of rotatable bonds is 3. The van der Waals surface area contributed by atoms with Gasteiger partial charge in [0, 0.05) is 19.0 Å². The van der Waals surface area contributed by atoms with Gasteiger partial charge in [-0.1, -0.05) is 24.3 Å². The highest BCUT2D eigenvalue weighted by molar-refractivity contribution is 7.09. The lowest BCUT2D eigenvalue weighted by atomic mass is 9.95. The first kappa shape index (κ1) is 14.2. The highest BCUT2D eigenvalue weighted by atomic mass is 32.1. The predicted octanol–water partition coefficient (Wildman–Crippen LogP) is 2.12. The first-order chi connectivity index (χ1) is 10.1. The quantitative estimate of drug-likeness (QED) is 0.944. The second kappa shape index (κ2) is 5.95. The molecule has 0 bridgehead atoms. The predicted molar refractivity (Wildman–Crippen MR) is 84.1 cm³/mol. The van der Waals surface area contributed by atoms with Gasteiger partial charge in [-0.3, -0.25) is 4.79 Å². The van der Waals surface area contributed by atoms with E-state index in [9.17, 15) is 4.79 Å². The van der Waals surface area contributed by atoms with Crippen LogP contribution in [0.25, 0.3) is 0 Å². The number of likely N-dealkylation sites (N-methyl/N-ethyl adjacent to an activating group) is 1. The third kappa shape index (κ3) is 3.14.